The summed E-state index contributed by atoms with van der Waals surface area (Å²) in [5.41, 5.74) is 0.667. The SMILES string of the molecule is CCNC(=O)NC(=O)C(C)OC(=O)c1cc(C)cc(Br)c1O. The van der Waals surface area contributed by atoms with Crippen molar-refractivity contribution in [2.45, 2.75) is 26.9 Å². The molecular weight excluding hydrogens is 356 g/mol. The molecule has 1 aromatic carbocycles. The number of rotatable bonds is 4. The smallest absolute Gasteiger partial charge is 0.342 e. The number of carbonyl (C=O) groups is 3. The van der Waals surface area contributed by atoms with Crippen molar-refractivity contribution in [2.75, 3.05) is 6.54 Å². The fraction of sp³-hybridized carbons (Fsp3) is 0.357. The first-order valence-corrected chi connectivity index (χ1v) is 7.34. The number of halogens is 1. The summed E-state index contributed by atoms with van der Waals surface area (Å²) in [5.74, 6) is -1.89. The zero-order valence-corrected chi connectivity index (χ0v) is 14.0. The average Bonchev–Trinajstić information content (AvgIpc) is 2.42. The van der Waals surface area contributed by atoms with Gasteiger partial charge in [0.1, 0.15) is 11.3 Å². The lowest BCUT2D eigenvalue weighted by molar-refractivity contribution is -0.127. The van der Waals surface area contributed by atoms with Gasteiger partial charge in [0.05, 0.1) is 4.47 Å². The van der Waals surface area contributed by atoms with E-state index in [0.29, 0.717) is 11.0 Å². The highest BCUT2D eigenvalue weighted by Crippen LogP contribution is 2.30. The fourth-order valence-electron chi connectivity index (χ4n) is 1.59. The molecule has 0 aliphatic rings. The Balaban J connectivity index is 2.76. The Hall–Kier alpha value is -2.09. The molecule has 0 aliphatic carbocycles. The normalized spacial score (nSPS) is 11.5. The second kappa shape index (κ2) is 7.79. The Bertz CT molecular complexity index is 603. The van der Waals surface area contributed by atoms with Gasteiger partial charge in [-0.2, -0.15) is 0 Å². The summed E-state index contributed by atoms with van der Waals surface area (Å²) in [5, 5.41) is 14.3. The average molecular weight is 373 g/mol. The van der Waals surface area contributed by atoms with E-state index in [0.717, 1.165) is 5.56 Å². The van der Waals surface area contributed by atoms with Crippen molar-refractivity contribution in [1.29, 1.82) is 0 Å². The molecule has 1 atom stereocenters. The fourth-order valence-corrected chi connectivity index (χ4v) is 2.16. The summed E-state index contributed by atoms with van der Waals surface area (Å²) in [6.07, 6.45) is -1.19. The number of aromatic hydroxyl groups is 1. The number of hydrogen-bond acceptors (Lipinski definition) is 5. The first kappa shape index (κ1) is 18.0. The molecular formula is C14H17BrN2O5. The van der Waals surface area contributed by atoms with Gasteiger partial charge in [0.25, 0.3) is 5.91 Å². The van der Waals surface area contributed by atoms with Crippen molar-refractivity contribution < 1.29 is 24.2 Å². The summed E-state index contributed by atoms with van der Waals surface area (Å²) >= 11 is 3.12. The van der Waals surface area contributed by atoms with Crippen LogP contribution in [0.1, 0.15) is 29.8 Å². The van der Waals surface area contributed by atoms with Crippen molar-refractivity contribution in [1.82, 2.24) is 10.6 Å². The summed E-state index contributed by atoms with van der Waals surface area (Å²) < 4.78 is 5.30. The van der Waals surface area contributed by atoms with Crippen LogP contribution in [0.2, 0.25) is 0 Å². The van der Waals surface area contributed by atoms with Crippen LogP contribution in [0.4, 0.5) is 4.79 Å². The quantitative estimate of drug-likeness (QED) is 0.699. The number of ether oxygens (including phenoxy) is 1. The van der Waals surface area contributed by atoms with Gasteiger partial charge >= 0.3 is 12.0 Å². The third kappa shape index (κ3) is 4.73. The molecule has 0 aromatic heterocycles. The molecule has 0 saturated heterocycles. The minimum atomic E-state index is -1.19. The standard InChI is InChI=1S/C14H17BrN2O5/c1-4-16-14(21)17-12(19)8(3)22-13(20)9-5-7(2)6-10(15)11(9)18/h5-6,8,18H,4H2,1-3H3,(H2,16,17,19,21). The van der Waals surface area contributed by atoms with Crippen LogP contribution in [-0.4, -0.2) is 35.7 Å². The minimum Gasteiger partial charge on any atom is -0.506 e. The molecule has 120 valence electrons. The van der Waals surface area contributed by atoms with Gasteiger partial charge < -0.3 is 15.2 Å². The monoisotopic (exact) mass is 372 g/mol. The maximum Gasteiger partial charge on any atom is 0.342 e. The molecule has 0 spiro atoms. The Labute approximate surface area is 136 Å². The molecule has 0 saturated carbocycles. The van der Waals surface area contributed by atoms with Gasteiger partial charge in [-0.05, 0) is 54.4 Å². The topological polar surface area (TPSA) is 105 Å². The highest BCUT2D eigenvalue weighted by molar-refractivity contribution is 9.10. The number of carbonyl (C=O) groups excluding carboxylic acids is 3. The Morgan fingerprint density at radius 2 is 2.00 bits per heavy atom. The van der Waals surface area contributed by atoms with Gasteiger partial charge in [0, 0.05) is 6.54 Å². The van der Waals surface area contributed by atoms with Crippen molar-refractivity contribution in [3.05, 3.63) is 27.7 Å². The number of esters is 1. The van der Waals surface area contributed by atoms with E-state index in [1.807, 2.05) is 5.32 Å². The number of urea groups is 1. The van der Waals surface area contributed by atoms with Crippen molar-refractivity contribution >= 4 is 33.8 Å². The van der Waals surface area contributed by atoms with Crippen molar-refractivity contribution in [2.24, 2.45) is 0 Å². The molecule has 0 fully saturated rings. The van der Waals surface area contributed by atoms with Crippen molar-refractivity contribution in [3.63, 3.8) is 0 Å². The summed E-state index contributed by atoms with van der Waals surface area (Å²) in [6, 6.07) is 2.41. The maximum atomic E-state index is 12.0. The van der Waals surface area contributed by atoms with Gasteiger partial charge in [-0.25, -0.2) is 9.59 Å². The number of imide groups is 1. The minimum absolute atomic E-state index is 0.0652. The molecule has 1 unspecified atom stereocenters. The second-order valence-corrected chi connectivity index (χ2v) is 5.39. The van der Waals surface area contributed by atoms with Crippen LogP contribution >= 0.6 is 15.9 Å². The number of phenolic OH excluding ortho intramolecular Hbond substituents is 1. The molecule has 3 amide bonds. The number of phenols is 1. The molecule has 8 heteroatoms. The van der Waals surface area contributed by atoms with E-state index in [9.17, 15) is 19.5 Å². The molecule has 0 heterocycles. The molecule has 1 rings (SSSR count). The molecule has 0 radical (unpaired) electrons. The Kier molecular flexibility index (Phi) is 6.36. The van der Waals surface area contributed by atoms with Gasteiger partial charge in [-0.15, -0.1) is 0 Å². The lowest BCUT2D eigenvalue weighted by atomic mass is 10.1. The molecule has 22 heavy (non-hydrogen) atoms. The number of benzene rings is 1. The van der Waals surface area contributed by atoms with Gasteiger partial charge in [0.15, 0.2) is 6.10 Å². The van der Waals surface area contributed by atoms with Crippen LogP contribution in [0.15, 0.2) is 16.6 Å². The zero-order valence-electron chi connectivity index (χ0n) is 12.4. The van der Waals surface area contributed by atoms with Crippen LogP contribution in [-0.2, 0) is 9.53 Å². The van der Waals surface area contributed by atoms with Crippen molar-refractivity contribution in [3.8, 4) is 5.75 Å². The molecule has 3 N–H and O–H groups in total. The first-order valence-electron chi connectivity index (χ1n) is 6.55. The highest BCUT2D eigenvalue weighted by atomic mass is 79.9. The second-order valence-electron chi connectivity index (χ2n) is 4.54. The van der Waals surface area contributed by atoms with E-state index >= 15 is 0 Å². The van der Waals surface area contributed by atoms with E-state index in [1.54, 1.807) is 19.9 Å². The zero-order chi connectivity index (χ0) is 16.9. The molecule has 0 bridgehead atoms. The predicted octanol–water partition coefficient (Wildman–Crippen LogP) is 1.85. The number of amides is 3. The van der Waals surface area contributed by atoms with E-state index in [1.165, 1.54) is 13.0 Å². The van der Waals surface area contributed by atoms with Crippen LogP contribution in [0.5, 0.6) is 5.75 Å². The Morgan fingerprint density at radius 3 is 2.59 bits per heavy atom. The first-order chi connectivity index (χ1) is 10.3. The van der Waals surface area contributed by atoms with Crippen LogP contribution in [0.3, 0.4) is 0 Å². The third-order valence-corrected chi connectivity index (χ3v) is 3.26. The summed E-state index contributed by atoms with van der Waals surface area (Å²) in [4.78, 5) is 34.9. The largest absolute Gasteiger partial charge is 0.506 e. The third-order valence-electron chi connectivity index (χ3n) is 2.65. The molecule has 0 aliphatic heterocycles. The highest BCUT2D eigenvalue weighted by Gasteiger charge is 2.23. The maximum absolute atomic E-state index is 12.0. The van der Waals surface area contributed by atoms with E-state index in [4.69, 9.17) is 4.74 Å². The van der Waals surface area contributed by atoms with Gasteiger partial charge in [-0.1, -0.05) is 0 Å². The van der Waals surface area contributed by atoms with Crippen LogP contribution in [0, 0.1) is 6.92 Å². The Morgan fingerprint density at radius 1 is 1.36 bits per heavy atom. The van der Waals surface area contributed by atoms with E-state index in [-0.39, 0.29) is 11.3 Å². The summed E-state index contributed by atoms with van der Waals surface area (Å²) in [6.45, 7) is 5.13. The molecule has 7 nitrogen and oxygen atoms in total. The van der Waals surface area contributed by atoms with Crippen LogP contribution in [0.25, 0.3) is 0 Å². The van der Waals surface area contributed by atoms with Crippen LogP contribution < -0.4 is 10.6 Å². The lowest BCUT2D eigenvalue weighted by Crippen LogP contribution is -2.44. The molecule has 1 aromatic rings. The number of aryl methyl sites for hydroxylation is 1. The number of hydrogen-bond donors (Lipinski definition) is 3. The van der Waals surface area contributed by atoms with Gasteiger partial charge in [0.2, 0.25) is 0 Å². The van der Waals surface area contributed by atoms with Gasteiger partial charge in [-0.3, -0.25) is 10.1 Å². The van der Waals surface area contributed by atoms with E-state index < -0.39 is 24.0 Å². The predicted molar refractivity (Wildman–Crippen MR) is 82.6 cm³/mol. The number of nitrogens with one attached hydrogen (secondary N) is 2. The summed E-state index contributed by atoms with van der Waals surface area (Å²) in [7, 11) is 0. The lowest BCUT2D eigenvalue weighted by Gasteiger charge is -2.14. The van der Waals surface area contributed by atoms with E-state index in [2.05, 4.69) is 21.2 Å².